The van der Waals surface area contributed by atoms with Crippen LogP contribution < -0.4 is 9.47 Å². The number of halogens is 3. The van der Waals surface area contributed by atoms with E-state index in [0.29, 0.717) is 17.6 Å². The summed E-state index contributed by atoms with van der Waals surface area (Å²) in [6.07, 6.45) is 1.58. The van der Waals surface area contributed by atoms with Crippen LogP contribution in [0.25, 0.3) is 0 Å². The van der Waals surface area contributed by atoms with Crippen LogP contribution in [-0.2, 0) is 11.2 Å². The third-order valence-corrected chi connectivity index (χ3v) is 4.92. The van der Waals surface area contributed by atoms with Gasteiger partial charge in [0.15, 0.2) is 23.1 Å². The van der Waals surface area contributed by atoms with Crippen LogP contribution in [0.2, 0.25) is 0 Å². The van der Waals surface area contributed by atoms with Gasteiger partial charge in [-0.2, -0.15) is 8.78 Å². The first kappa shape index (κ1) is 22.1. The molecule has 1 heterocycles. The molecule has 1 aromatic carbocycles. The zero-order valence-corrected chi connectivity index (χ0v) is 16.8. The van der Waals surface area contributed by atoms with E-state index in [4.69, 9.17) is 14.2 Å². The van der Waals surface area contributed by atoms with Crippen molar-refractivity contribution >= 4 is 0 Å². The van der Waals surface area contributed by atoms with Crippen molar-refractivity contribution < 1.29 is 27.4 Å². The molecule has 6 heteroatoms. The van der Waals surface area contributed by atoms with E-state index >= 15 is 4.39 Å². The number of rotatable bonds is 8. The van der Waals surface area contributed by atoms with Crippen LogP contribution in [0.4, 0.5) is 13.2 Å². The van der Waals surface area contributed by atoms with Gasteiger partial charge in [0.05, 0.1) is 12.7 Å². The molecule has 1 aromatic rings. The quantitative estimate of drug-likeness (QED) is 0.536. The van der Waals surface area contributed by atoms with Gasteiger partial charge in [-0.1, -0.05) is 20.1 Å². The Balaban J connectivity index is 2.30. The average Bonchev–Trinajstić information content (AvgIpc) is 2.68. The van der Waals surface area contributed by atoms with Crippen LogP contribution in [0.15, 0.2) is 42.0 Å². The molecule has 2 atom stereocenters. The Labute approximate surface area is 164 Å². The molecular formula is C22H27F3O3. The molecule has 2 rings (SSSR count). The number of hydrogen-bond donors (Lipinski definition) is 0. The Bertz CT molecular complexity index is 799. The Kier molecular flexibility index (Phi) is 7.35. The highest BCUT2D eigenvalue weighted by atomic mass is 19.2. The molecule has 0 saturated carbocycles. The van der Waals surface area contributed by atoms with Crippen molar-refractivity contribution in [3.63, 3.8) is 0 Å². The molecule has 0 aliphatic carbocycles. The zero-order valence-electron chi connectivity index (χ0n) is 16.8. The fourth-order valence-electron chi connectivity index (χ4n) is 2.96. The molecule has 0 saturated heterocycles. The number of ether oxygens (including phenoxy) is 3. The Morgan fingerprint density at radius 2 is 1.93 bits per heavy atom. The van der Waals surface area contributed by atoms with Gasteiger partial charge in [0.25, 0.3) is 0 Å². The van der Waals surface area contributed by atoms with Crippen molar-refractivity contribution in [3.05, 3.63) is 59.2 Å². The molecule has 0 aromatic heterocycles. The highest BCUT2D eigenvalue weighted by molar-refractivity contribution is 5.52. The number of benzene rings is 1. The van der Waals surface area contributed by atoms with Crippen LogP contribution >= 0.6 is 0 Å². The minimum atomic E-state index is -1.20. The van der Waals surface area contributed by atoms with Crippen molar-refractivity contribution in [3.8, 4) is 11.5 Å². The molecular weight excluding hydrogens is 369 g/mol. The molecule has 1 aliphatic rings. The lowest BCUT2D eigenvalue weighted by Gasteiger charge is -2.25. The standard InChI is InChI=1S/C22H27F3O3/c1-7-27-17-11-16-10-13(3)21(28-22(16)20(25)19(17)24)18(23)15(5)12(2)8-9-14(4)26-6/h11-12,14H,3,5,7-10H2,1-2,4,6H3/b21-18-. The van der Waals surface area contributed by atoms with E-state index in [1.165, 1.54) is 6.07 Å². The maximum atomic E-state index is 15.0. The third kappa shape index (κ3) is 4.61. The van der Waals surface area contributed by atoms with Gasteiger partial charge in [0.2, 0.25) is 11.6 Å². The fraction of sp³-hybridized carbons (Fsp3) is 0.455. The first-order chi connectivity index (χ1) is 13.2. The summed E-state index contributed by atoms with van der Waals surface area (Å²) in [5.74, 6) is -3.97. The average molecular weight is 396 g/mol. The minimum absolute atomic E-state index is 0.0512. The van der Waals surface area contributed by atoms with Crippen molar-refractivity contribution in [1.29, 1.82) is 0 Å². The van der Waals surface area contributed by atoms with Crippen LogP contribution in [0, 0.1) is 17.6 Å². The van der Waals surface area contributed by atoms with Crippen LogP contribution in [-0.4, -0.2) is 19.8 Å². The SMILES string of the molecule is C=C1Cc2cc(OCC)c(F)c(F)c2O/C1=C(\F)C(=C)C(C)CCC(C)OC. The lowest BCUT2D eigenvalue weighted by Crippen LogP contribution is -2.16. The summed E-state index contributed by atoms with van der Waals surface area (Å²) < 4.78 is 59.4. The van der Waals surface area contributed by atoms with Crippen molar-refractivity contribution in [1.82, 2.24) is 0 Å². The van der Waals surface area contributed by atoms with E-state index in [1.54, 1.807) is 14.0 Å². The summed E-state index contributed by atoms with van der Waals surface area (Å²) in [4.78, 5) is 0. The lowest BCUT2D eigenvalue weighted by molar-refractivity contribution is 0.106. The van der Waals surface area contributed by atoms with E-state index < -0.39 is 17.5 Å². The molecule has 0 radical (unpaired) electrons. The van der Waals surface area contributed by atoms with Gasteiger partial charge in [-0.3, -0.25) is 0 Å². The molecule has 28 heavy (non-hydrogen) atoms. The first-order valence-electron chi connectivity index (χ1n) is 9.32. The van der Waals surface area contributed by atoms with Gasteiger partial charge in [-0.05, 0) is 49.8 Å². The Hall–Kier alpha value is -2.21. The van der Waals surface area contributed by atoms with Crippen LogP contribution in [0.1, 0.15) is 39.2 Å². The van der Waals surface area contributed by atoms with Crippen molar-refractivity contribution in [2.24, 2.45) is 5.92 Å². The molecule has 0 N–H and O–H groups in total. The number of fused-ring (bicyclic) bond motifs is 1. The smallest absolute Gasteiger partial charge is 0.205 e. The number of allylic oxidation sites excluding steroid dienone is 3. The van der Waals surface area contributed by atoms with E-state index in [1.807, 2.05) is 13.8 Å². The zero-order chi connectivity index (χ0) is 21.0. The number of hydrogen-bond acceptors (Lipinski definition) is 3. The normalized spacial score (nSPS) is 17.5. The monoisotopic (exact) mass is 396 g/mol. The summed E-state index contributed by atoms with van der Waals surface area (Å²) in [6.45, 7) is 13.3. The largest absolute Gasteiger partial charge is 0.491 e. The van der Waals surface area contributed by atoms with Gasteiger partial charge < -0.3 is 14.2 Å². The molecule has 0 amide bonds. The number of methoxy groups -OCH3 is 1. The summed E-state index contributed by atoms with van der Waals surface area (Å²) in [5.41, 5.74) is 0.920. The van der Waals surface area contributed by atoms with Gasteiger partial charge in [0.1, 0.15) is 0 Å². The molecule has 0 bridgehead atoms. The maximum absolute atomic E-state index is 15.0. The molecule has 0 fully saturated rings. The molecule has 2 unspecified atom stereocenters. The Morgan fingerprint density at radius 3 is 2.54 bits per heavy atom. The second-order valence-electron chi connectivity index (χ2n) is 7.00. The second kappa shape index (κ2) is 9.32. The first-order valence-corrected chi connectivity index (χ1v) is 9.32. The minimum Gasteiger partial charge on any atom is -0.491 e. The predicted octanol–water partition coefficient (Wildman–Crippen LogP) is 6.04. The highest BCUT2D eigenvalue weighted by Gasteiger charge is 2.30. The third-order valence-electron chi connectivity index (χ3n) is 4.92. The predicted molar refractivity (Wildman–Crippen MR) is 103 cm³/mol. The topological polar surface area (TPSA) is 27.7 Å². The second-order valence-corrected chi connectivity index (χ2v) is 7.00. The highest BCUT2D eigenvalue weighted by Crippen LogP contribution is 2.41. The summed E-state index contributed by atoms with van der Waals surface area (Å²) in [7, 11) is 1.62. The van der Waals surface area contributed by atoms with Gasteiger partial charge in [0, 0.05) is 19.1 Å². The van der Waals surface area contributed by atoms with Crippen LogP contribution in [0.5, 0.6) is 11.5 Å². The Morgan fingerprint density at radius 1 is 1.25 bits per heavy atom. The van der Waals surface area contributed by atoms with E-state index in [-0.39, 0.29) is 47.9 Å². The van der Waals surface area contributed by atoms with Gasteiger partial charge in [-0.15, -0.1) is 0 Å². The summed E-state index contributed by atoms with van der Waals surface area (Å²) in [6, 6.07) is 1.36. The van der Waals surface area contributed by atoms with E-state index in [9.17, 15) is 8.78 Å². The molecule has 0 spiro atoms. The van der Waals surface area contributed by atoms with E-state index in [0.717, 1.165) is 6.42 Å². The van der Waals surface area contributed by atoms with Gasteiger partial charge in [-0.25, -0.2) is 4.39 Å². The summed E-state index contributed by atoms with van der Waals surface area (Å²) in [5, 5.41) is 0. The summed E-state index contributed by atoms with van der Waals surface area (Å²) >= 11 is 0. The maximum Gasteiger partial charge on any atom is 0.205 e. The van der Waals surface area contributed by atoms with Crippen LogP contribution in [0.3, 0.4) is 0 Å². The van der Waals surface area contributed by atoms with Crippen molar-refractivity contribution in [2.45, 2.75) is 46.1 Å². The fourth-order valence-corrected chi connectivity index (χ4v) is 2.96. The molecule has 154 valence electrons. The van der Waals surface area contributed by atoms with E-state index in [2.05, 4.69) is 13.2 Å². The van der Waals surface area contributed by atoms with Crippen molar-refractivity contribution in [2.75, 3.05) is 13.7 Å². The molecule has 3 nitrogen and oxygen atoms in total. The lowest BCUT2D eigenvalue weighted by atomic mass is 9.92. The molecule has 1 aliphatic heterocycles. The van der Waals surface area contributed by atoms with Gasteiger partial charge >= 0.3 is 0 Å².